The summed E-state index contributed by atoms with van der Waals surface area (Å²) in [6.45, 7) is 4.25. The van der Waals surface area contributed by atoms with Gasteiger partial charge in [-0.1, -0.05) is 38.5 Å². The maximum absolute atomic E-state index is 11.8. The summed E-state index contributed by atoms with van der Waals surface area (Å²) >= 11 is 0. The molecule has 1 amide bonds. The van der Waals surface area contributed by atoms with E-state index >= 15 is 0 Å². The van der Waals surface area contributed by atoms with Gasteiger partial charge in [-0.15, -0.1) is 0 Å². The minimum atomic E-state index is 0.124. The number of benzene rings is 1. The van der Waals surface area contributed by atoms with Crippen LogP contribution in [0.4, 0.5) is 5.69 Å². The first-order valence-corrected chi connectivity index (χ1v) is 6.80. The first kappa shape index (κ1) is 14.6. The molecule has 0 aliphatic heterocycles. The summed E-state index contributed by atoms with van der Waals surface area (Å²) in [5.41, 5.74) is 7.67. The van der Waals surface area contributed by atoms with Crippen LogP contribution in [-0.4, -0.2) is 11.9 Å². The predicted molar refractivity (Wildman–Crippen MR) is 76.3 cm³/mol. The third-order valence-corrected chi connectivity index (χ3v) is 3.17. The monoisotopic (exact) mass is 248 g/mol. The third kappa shape index (κ3) is 4.78. The number of rotatable bonds is 7. The number of hydrogen-bond donors (Lipinski definition) is 2. The SMILES string of the molecule is CCCC(CC)NC(=O)CCc1ccccc1N. The molecule has 1 rings (SSSR count). The van der Waals surface area contributed by atoms with Crippen molar-refractivity contribution in [1.82, 2.24) is 5.32 Å². The summed E-state index contributed by atoms with van der Waals surface area (Å²) < 4.78 is 0. The number of carbonyl (C=O) groups is 1. The Hall–Kier alpha value is -1.51. The van der Waals surface area contributed by atoms with Crippen molar-refractivity contribution in [1.29, 1.82) is 0 Å². The molecule has 3 heteroatoms. The number of nitrogens with two attached hydrogens (primary N) is 1. The van der Waals surface area contributed by atoms with E-state index < -0.39 is 0 Å². The standard InChI is InChI=1S/C15H24N2O/c1-3-7-13(4-2)17-15(18)11-10-12-8-5-6-9-14(12)16/h5-6,8-9,13H,3-4,7,10-11,16H2,1-2H3,(H,17,18). The molecule has 1 aromatic carbocycles. The Balaban J connectivity index is 2.39. The van der Waals surface area contributed by atoms with Gasteiger partial charge in [0.05, 0.1) is 0 Å². The van der Waals surface area contributed by atoms with Crippen molar-refractivity contribution in [3.05, 3.63) is 29.8 Å². The maximum Gasteiger partial charge on any atom is 0.220 e. The van der Waals surface area contributed by atoms with E-state index in [0.717, 1.165) is 30.5 Å². The summed E-state index contributed by atoms with van der Waals surface area (Å²) in [7, 11) is 0. The molecular weight excluding hydrogens is 224 g/mol. The van der Waals surface area contributed by atoms with E-state index in [-0.39, 0.29) is 5.91 Å². The van der Waals surface area contributed by atoms with Gasteiger partial charge in [0.15, 0.2) is 0 Å². The first-order chi connectivity index (χ1) is 8.67. The van der Waals surface area contributed by atoms with Gasteiger partial charge in [-0.3, -0.25) is 4.79 Å². The largest absolute Gasteiger partial charge is 0.399 e. The van der Waals surface area contributed by atoms with Gasteiger partial charge < -0.3 is 11.1 Å². The van der Waals surface area contributed by atoms with Crippen LogP contribution in [0.3, 0.4) is 0 Å². The Kier molecular flexibility index (Phi) is 6.26. The zero-order valence-corrected chi connectivity index (χ0v) is 11.4. The highest BCUT2D eigenvalue weighted by atomic mass is 16.1. The summed E-state index contributed by atoms with van der Waals surface area (Å²) in [4.78, 5) is 11.8. The fraction of sp³-hybridized carbons (Fsp3) is 0.533. The Morgan fingerprint density at radius 1 is 1.33 bits per heavy atom. The van der Waals surface area contributed by atoms with Crippen molar-refractivity contribution in [3.8, 4) is 0 Å². The number of anilines is 1. The predicted octanol–water partition coefficient (Wildman–Crippen LogP) is 2.90. The van der Waals surface area contributed by atoms with Gasteiger partial charge in [0.1, 0.15) is 0 Å². The molecule has 3 N–H and O–H groups in total. The van der Waals surface area contributed by atoms with Crippen LogP contribution >= 0.6 is 0 Å². The highest BCUT2D eigenvalue weighted by Gasteiger charge is 2.09. The molecular formula is C15H24N2O. The van der Waals surface area contributed by atoms with Crippen molar-refractivity contribution in [2.75, 3.05) is 5.73 Å². The summed E-state index contributed by atoms with van der Waals surface area (Å²) in [6, 6.07) is 8.03. The van der Waals surface area contributed by atoms with Crippen LogP contribution in [0.25, 0.3) is 0 Å². The lowest BCUT2D eigenvalue weighted by atomic mass is 10.1. The molecule has 0 bridgehead atoms. The lowest BCUT2D eigenvalue weighted by molar-refractivity contribution is -0.121. The second-order valence-electron chi connectivity index (χ2n) is 4.66. The average Bonchev–Trinajstić information content (AvgIpc) is 2.37. The molecule has 1 unspecified atom stereocenters. The molecule has 0 radical (unpaired) electrons. The highest BCUT2D eigenvalue weighted by molar-refractivity contribution is 5.76. The van der Waals surface area contributed by atoms with E-state index in [0.29, 0.717) is 18.9 Å². The number of para-hydroxylation sites is 1. The topological polar surface area (TPSA) is 55.1 Å². The molecule has 0 heterocycles. The highest BCUT2D eigenvalue weighted by Crippen LogP contribution is 2.12. The number of hydrogen-bond acceptors (Lipinski definition) is 2. The Morgan fingerprint density at radius 2 is 2.06 bits per heavy atom. The van der Waals surface area contributed by atoms with E-state index in [4.69, 9.17) is 5.73 Å². The van der Waals surface area contributed by atoms with Crippen LogP contribution < -0.4 is 11.1 Å². The quantitative estimate of drug-likeness (QED) is 0.729. The molecule has 18 heavy (non-hydrogen) atoms. The van der Waals surface area contributed by atoms with Gasteiger partial charge in [-0.05, 0) is 30.9 Å². The molecule has 0 fully saturated rings. The zero-order chi connectivity index (χ0) is 13.4. The summed E-state index contributed by atoms with van der Waals surface area (Å²) in [6.07, 6.45) is 4.36. The van der Waals surface area contributed by atoms with E-state index in [9.17, 15) is 4.79 Å². The van der Waals surface area contributed by atoms with Crippen molar-refractivity contribution in [2.45, 2.75) is 52.0 Å². The number of nitrogens with one attached hydrogen (secondary N) is 1. The van der Waals surface area contributed by atoms with Gasteiger partial charge in [0.2, 0.25) is 5.91 Å². The minimum Gasteiger partial charge on any atom is -0.399 e. The molecule has 1 atom stereocenters. The van der Waals surface area contributed by atoms with Crippen LogP contribution in [0.2, 0.25) is 0 Å². The van der Waals surface area contributed by atoms with Crippen LogP contribution in [0.1, 0.15) is 45.1 Å². The molecule has 0 saturated carbocycles. The van der Waals surface area contributed by atoms with E-state index in [1.165, 1.54) is 0 Å². The van der Waals surface area contributed by atoms with Crippen molar-refractivity contribution in [2.24, 2.45) is 0 Å². The maximum atomic E-state index is 11.8. The normalized spacial score (nSPS) is 12.1. The number of nitrogen functional groups attached to an aromatic ring is 1. The second kappa shape index (κ2) is 7.75. The molecule has 0 spiro atoms. The fourth-order valence-corrected chi connectivity index (χ4v) is 2.04. The summed E-state index contributed by atoms with van der Waals surface area (Å²) in [5, 5.41) is 3.08. The molecule has 0 aliphatic carbocycles. The number of aryl methyl sites for hydroxylation is 1. The van der Waals surface area contributed by atoms with E-state index in [2.05, 4.69) is 19.2 Å². The van der Waals surface area contributed by atoms with Gasteiger partial charge in [0.25, 0.3) is 0 Å². The van der Waals surface area contributed by atoms with Gasteiger partial charge in [-0.2, -0.15) is 0 Å². The molecule has 0 aromatic heterocycles. The Bertz CT molecular complexity index is 377. The molecule has 1 aromatic rings. The Morgan fingerprint density at radius 3 is 2.67 bits per heavy atom. The minimum absolute atomic E-state index is 0.124. The molecule has 100 valence electrons. The lowest BCUT2D eigenvalue weighted by Crippen LogP contribution is -2.34. The van der Waals surface area contributed by atoms with Crippen molar-refractivity contribution < 1.29 is 4.79 Å². The second-order valence-corrected chi connectivity index (χ2v) is 4.66. The van der Waals surface area contributed by atoms with Crippen LogP contribution in [0.5, 0.6) is 0 Å². The van der Waals surface area contributed by atoms with Gasteiger partial charge in [0, 0.05) is 18.2 Å². The molecule has 0 aliphatic rings. The number of carbonyl (C=O) groups excluding carboxylic acids is 1. The van der Waals surface area contributed by atoms with Gasteiger partial charge in [-0.25, -0.2) is 0 Å². The van der Waals surface area contributed by atoms with Crippen molar-refractivity contribution >= 4 is 11.6 Å². The average molecular weight is 248 g/mol. The van der Waals surface area contributed by atoms with Gasteiger partial charge >= 0.3 is 0 Å². The van der Waals surface area contributed by atoms with E-state index in [1.807, 2.05) is 24.3 Å². The lowest BCUT2D eigenvalue weighted by Gasteiger charge is -2.16. The van der Waals surface area contributed by atoms with Crippen molar-refractivity contribution in [3.63, 3.8) is 0 Å². The summed E-state index contributed by atoms with van der Waals surface area (Å²) in [5.74, 6) is 0.124. The molecule has 0 saturated heterocycles. The zero-order valence-electron chi connectivity index (χ0n) is 11.4. The molecule has 3 nitrogen and oxygen atoms in total. The smallest absolute Gasteiger partial charge is 0.220 e. The van der Waals surface area contributed by atoms with Crippen LogP contribution in [0, 0.1) is 0 Å². The third-order valence-electron chi connectivity index (χ3n) is 3.17. The van der Waals surface area contributed by atoms with E-state index in [1.54, 1.807) is 0 Å². The van der Waals surface area contributed by atoms with Crippen LogP contribution in [-0.2, 0) is 11.2 Å². The number of amides is 1. The first-order valence-electron chi connectivity index (χ1n) is 6.80. The van der Waals surface area contributed by atoms with Crippen LogP contribution in [0.15, 0.2) is 24.3 Å². The fourth-order valence-electron chi connectivity index (χ4n) is 2.04. The Labute approximate surface area is 110 Å².